The minimum Gasteiger partial charge on any atom is -0.298 e. The van der Waals surface area contributed by atoms with Crippen LogP contribution < -0.4 is 0 Å². The topological polar surface area (TPSA) is 54.8 Å². The lowest BCUT2D eigenvalue weighted by atomic mass is 9.94. The average Bonchev–Trinajstić information content (AvgIpc) is 2.79. The number of hydrogen-bond donors (Lipinski definition) is 0. The molecule has 3 heterocycles. The Bertz CT molecular complexity index is 1020. The van der Waals surface area contributed by atoms with Crippen molar-refractivity contribution in [3.05, 3.63) is 71.7 Å². The number of aryl methyl sites for hydroxylation is 1. The van der Waals surface area contributed by atoms with Crippen molar-refractivity contribution in [3.63, 3.8) is 0 Å². The second-order valence-corrected chi connectivity index (χ2v) is 7.84. The van der Waals surface area contributed by atoms with Gasteiger partial charge in [-0.05, 0) is 31.5 Å². The van der Waals surface area contributed by atoms with Crippen LogP contribution in [-0.2, 0) is 19.1 Å². The summed E-state index contributed by atoms with van der Waals surface area (Å²) in [5.74, 6) is 1.02. The van der Waals surface area contributed by atoms with Gasteiger partial charge in [-0.3, -0.25) is 9.88 Å². The Morgan fingerprint density at radius 3 is 2.65 bits per heavy atom. The third-order valence-electron chi connectivity index (χ3n) is 5.54. The van der Waals surface area contributed by atoms with Crippen LogP contribution in [0.4, 0.5) is 13.2 Å². The first kappa shape index (κ1) is 21.4. The van der Waals surface area contributed by atoms with E-state index in [0.29, 0.717) is 11.3 Å². The molecule has 4 rings (SSSR count). The first-order chi connectivity index (χ1) is 14.9. The second kappa shape index (κ2) is 9.09. The molecule has 1 atom stereocenters. The number of alkyl halides is 3. The van der Waals surface area contributed by atoms with Crippen LogP contribution in [0.25, 0.3) is 11.3 Å². The van der Waals surface area contributed by atoms with Crippen LogP contribution in [0.1, 0.15) is 48.3 Å². The average molecular weight is 427 g/mol. The second-order valence-electron chi connectivity index (χ2n) is 7.84. The minimum atomic E-state index is -4.38. The molecule has 162 valence electrons. The lowest BCUT2D eigenvalue weighted by molar-refractivity contribution is -0.137. The number of benzene rings is 1. The normalized spacial score (nSPS) is 17.6. The lowest BCUT2D eigenvalue weighted by Crippen LogP contribution is -2.34. The molecule has 1 aliphatic heterocycles. The van der Waals surface area contributed by atoms with Crippen LogP contribution in [0, 0.1) is 0 Å². The van der Waals surface area contributed by atoms with E-state index in [1.165, 1.54) is 12.3 Å². The van der Waals surface area contributed by atoms with Crippen LogP contribution in [-0.4, -0.2) is 37.9 Å². The van der Waals surface area contributed by atoms with Crippen LogP contribution in [0.2, 0.25) is 0 Å². The van der Waals surface area contributed by atoms with E-state index in [1.54, 1.807) is 12.3 Å². The fraction of sp³-hybridized carbons (Fsp3) is 0.391. The highest BCUT2D eigenvalue weighted by Crippen LogP contribution is 2.32. The summed E-state index contributed by atoms with van der Waals surface area (Å²) in [5.41, 5.74) is 2.09. The summed E-state index contributed by atoms with van der Waals surface area (Å²) in [6, 6.07) is 5.23. The third-order valence-corrected chi connectivity index (χ3v) is 5.54. The monoisotopic (exact) mass is 427 g/mol. The van der Waals surface area contributed by atoms with Gasteiger partial charge in [-0.25, -0.2) is 15.0 Å². The van der Waals surface area contributed by atoms with E-state index < -0.39 is 11.7 Å². The van der Waals surface area contributed by atoms with Gasteiger partial charge in [0, 0.05) is 55.1 Å². The van der Waals surface area contributed by atoms with E-state index in [9.17, 15) is 13.2 Å². The van der Waals surface area contributed by atoms with Crippen molar-refractivity contribution in [1.29, 1.82) is 0 Å². The molecule has 31 heavy (non-hydrogen) atoms. The maximum Gasteiger partial charge on any atom is 0.416 e. The summed E-state index contributed by atoms with van der Waals surface area (Å²) < 4.78 is 39.2. The molecule has 5 nitrogen and oxygen atoms in total. The first-order valence-electron chi connectivity index (χ1n) is 10.4. The molecule has 0 saturated carbocycles. The van der Waals surface area contributed by atoms with Gasteiger partial charge < -0.3 is 0 Å². The molecule has 0 amide bonds. The Balaban J connectivity index is 1.49. The number of halogens is 3. The molecule has 0 radical (unpaired) electrons. The van der Waals surface area contributed by atoms with Gasteiger partial charge >= 0.3 is 6.18 Å². The van der Waals surface area contributed by atoms with Gasteiger partial charge in [0.15, 0.2) is 0 Å². The Hall–Kier alpha value is -2.87. The Morgan fingerprint density at radius 1 is 1.10 bits per heavy atom. The fourth-order valence-corrected chi connectivity index (χ4v) is 3.92. The van der Waals surface area contributed by atoms with Gasteiger partial charge in [0.25, 0.3) is 0 Å². The molecule has 1 saturated heterocycles. The van der Waals surface area contributed by atoms with Crippen molar-refractivity contribution in [2.45, 2.75) is 44.8 Å². The Labute approximate surface area is 179 Å². The van der Waals surface area contributed by atoms with Crippen molar-refractivity contribution in [3.8, 4) is 11.3 Å². The molecule has 8 heteroatoms. The molecular weight excluding hydrogens is 403 g/mol. The SMILES string of the molecule is CCc1ncc(CN2CCC[C@@H](c3cncc(-c4cccc(C(F)(F)F)c4)n3)C2)cn1. The largest absolute Gasteiger partial charge is 0.416 e. The van der Waals surface area contributed by atoms with E-state index >= 15 is 0 Å². The van der Waals surface area contributed by atoms with E-state index in [-0.39, 0.29) is 5.92 Å². The number of hydrogen-bond acceptors (Lipinski definition) is 5. The standard InChI is InChI=1S/C23H24F3N5/c1-2-22-28-10-16(11-29-22)14-31-8-4-6-18(15-31)21-13-27-12-20(30-21)17-5-3-7-19(9-17)23(24,25)26/h3,5,7,9-13,18H,2,4,6,8,14-15H2,1H3/t18-/m1/s1. The highest BCUT2D eigenvalue weighted by Gasteiger charge is 2.30. The van der Waals surface area contributed by atoms with E-state index in [1.807, 2.05) is 19.3 Å². The lowest BCUT2D eigenvalue weighted by Gasteiger charge is -2.32. The number of aromatic nitrogens is 4. The van der Waals surface area contributed by atoms with Crippen molar-refractivity contribution in [1.82, 2.24) is 24.8 Å². The molecule has 1 aromatic carbocycles. The summed E-state index contributed by atoms with van der Waals surface area (Å²) in [6.07, 6.45) is 5.43. The molecular formula is C23H24F3N5. The summed E-state index contributed by atoms with van der Waals surface area (Å²) >= 11 is 0. The van der Waals surface area contributed by atoms with E-state index in [4.69, 9.17) is 0 Å². The van der Waals surface area contributed by atoms with Crippen LogP contribution in [0.5, 0.6) is 0 Å². The molecule has 3 aromatic rings. The summed E-state index contributed by atoms with van der Waals surface area (Å²) in [6.45, 7) is 4.59. The maximum atomic E-state index is 13.1. The quantitative estimate of drug-likeness (QED) is 0.580. The van der Waals surface area contributed by atoms with Crippen molar-refractivity contribution in [2.75, 3.05) is 13.1 Å². The number of piperidine rings is 1. The first-order valence-corrected chi connectivity index (χ1v) is 10.4. The van der Waals surface area contributed by atoms with Crippen LogP contribution >= 0.6 is 0 Å². The zero-order chi connectivity index (χ0) is 21.8. The minimum absolute atomic E-state index is 0.183. The van der Waals surface area contributed by atoms with Gasteiger partial charge in [-0.1, -0.05) is 19.1 Å². The third kappa shape index (κ3) is 5.25. The summed E-state index contributed by atoms with van der Waals surface area (Å²) in [7, 11) is 0. The summed E-state index contributed by atoms with van der Waals surface area (Å²) in [4.78, 5) is 20.0. The molecule has 1 aliphatic rings. The van der Waals surface area contributed by atoms with Crippen molar-refractivity contribution in [2.24, 2.45) is 0 Å². The highest BCUT2D eigenvalue weighted by molar-refractivity contribution is 5.59. The molecule has 0 bridgehead atoms. The summed E-state index contributed by atoms with van der Waals surface area (Å²) in [5, 5.41) is 0. The molecule has 0 spiro atoms. The highest BCUT2D eigenvalue weighted by atomic mass is 19.4. The smallest absolute Gasteiger partial charge is 0.298 e. The fourth-order valence-electron chi connectivity index (χ4n) is 3.92. The van der Waals surface area contributed by atoms with Gasteiger partial charge in [-0.2, -0.15) is 13.2 Å². The van der Waals surface area contributed by atoms with Crippen molar-refractivity contribution >= 4 is 0 Å². The zero-order valence-corrected chi connectivity index (χ0v) is 17.3. The molecule has 2 aromatic heterocycles. The van der Waals surface area contributed by atoms with Crippen molar-refractivity contribution < 1.29 is 13.2 Å². The molecule has 0 N–H and O–H groups in total. The predicted molar refractivity (Wildman–Crippen MR) is 111 cm³/mol. The van der Waals surface area contributed by atoms with E-state index in [2.05, 4.69) is 24.8 Å². The van der Waals surface area contributed by atoms with Gasteiger partial charge in [0.2, 0.25) is 0 Å². The predicted octanol–water partition coefficient (Wildman–Crippen LogP) is 4.89. The number of rotatable bonds is 5. The molecule has 0 unspecified atom stereocenters. The van der Waals surface area contributed by atoms with Crippen LogP contribution in [0.3, 0.4) is 0 Å². The maximum absolute atomic E-state index is 13.1. The number of likely N-dealkylation sites (tertiary alicyclic amines) is 1. The number of nitrogens with zero attached hydrogens (tertiary/aromatic N) is 5. The Kier molecular flexibility index (Phi) is 6.27. The van der Waals surface area contributed by atoms with Gasteiger partial charge in [0.1, 0.15) is 5.82 Å². The van der Waals surface area contributed by atoms with Gasteiger partial charge in [-0.15, -0.1) is 0 Å². The van der Waals surface area contributed by atoms with Gasteiger partial charge in [0.05, 0.1) is 23.1 Å². The van der Waals surface area contributed by atoms with Crippen LogP contribution in [0.15, 0.2) is 49.1 Å². The zero-order valence-electron chi connectivity index (χ0n) is 17.3. The van der Waals surface area contributed by atoms with E-state index in [0.717, 1.165) is 68.1 Å². The Morgan fingerprint density at radius 2 is 1.90 bits per heavy atom. The molecule has 0 aliphatic carbocycles. The molecule has 1 fully saturated rings.